The van der Waals surface area contributed by atoms with E-state index in [1.165, 1.54) is 19.9 Å². The van der Waals surface area contributed by atoms with Crippen molar-refractivity contribution in [2.45, 2.75) is 28.7 Å². The zero-order valence-corrected chi connectivity index (χ0v) is 38.4. The SMILES string of the molecule is C.C.CC(=O)C=C(C)O.CF.FF.FF.[B]c1ccccc1.[Ni].c1ccc(-c2cccc(-c3ccccc3)c2N=C2SCCSC2=Nc2c(-c3ccccc3)cccc2-c2ccccc2)cc1. The molecule has 8 rings (SSSR count). The summed E-state index contributed by atoms with van der Waals surface area (Å²) < 4.78 is 41.5. The van der Waals surface area contributed by atoms with Crippen molar-refractivity contribution in [3.8, 4) is 44.5 Å². The fraction of sp³-hybridized carbons (Fsp3) is 0.130. The molecule has 0 aliphatic carbocycles. The number of aliphatic imine (C=N–C) groups is 2. The number of nitrogens with zero attached hydrogens (tertiary/aromatic N) is 2. The van der Waals surface area contributed by atoms with Crippen molar-refractivity contribution in [2.24, 2.45) is 9.98 Å². The van der Waals surface area contributed by atoms with Gasteiger partial charge in [0, 0.05) is 74.6 Å². The van der Waals surface area contributed by atoms with E-state index in [0.717, 1.165) is 82.9 Å². The van der Waals surface area contributed by atoms with Gasteiger partial charge in [0.1, 0.15) is 17.9 Å². The van der Waals surface area contributed by atoms with E-state index in [0.29, 0.717) is 7.18 Å². The van der Waals surface area contributed by atoms with E-state index in [9.17, 15) is 9.18 Å². The quantitative estimate of drug-likeness (QED) is 0.0748. The van der Waals surface area contributed by atoms with Crippen molar-refractivity contribution in [3.05, 3.63) is 200 Å². The summed E-state index contributed by atoms with van der Waals surface area (Å²) in [6.07, 6.45) is 1.17. The van der Waals surface area contributed by atoms with Crippen LogP contribution in [0.3, 0.4) is 0 Å². The molecular formula is C54H54BF5N2NiO2S2. The number of carbonyl (C=O) groups is 1. The number of rotatable bonds is 7. The first-order chi connectivity index (χ1) is 31.4. The number of halogens is 5. The van der Waals surface area contributed by atoms with Crippen molar-refractivity contribution in [1.82, 2.24) is 0 Å². The first-order valence-corrected chi connectivity index (χ1v) is 21.6. The van der Waals surface area contributed by atoms with Crippen LogP contribution < -0.4 is 5.46 Å². The molecule has 67 heavy (non-hydrogen) atoms. The molecule has 0 saturated carbocycles. The van der Waals surface area contributed by atoms with Crippen molar-refractivity contribution in [2.75, 3.05) is 18.7 Å². The molecular weight excluding hydrogens is 937 g/mol. The Morgan fingerprint density at radius 2 is 0.746 bits per heavy atom. The molecule has 13 heteroatoms. The van der Waals surface area contributed by atoms with E-state index in [-0.39, 0.29) is 42.9 Å². The molecule has 0 spiro atoms. The predicted molar refractivity (Wildman–Crippen MR) is 278 cm³/mol. The average molecular weight is 992 g/mol. The number of ketones is 1. The summed E-state index contributed by atoms with van der Waals surface area (Å²) in [6, 6.07) is 64.7. The first-order valence-electron chi connectivity index (χ1n) is 19.6. The topological polar surface area (TPSA) is 62.0 Å². The van der Waals surface area contributed by atoms with Gasteiger partial charge in [-0.1, -0.05) is 208 Å². The second-order valence-electron chi connectivity index (χ2n) is 13.2. The monoisotopic (exact) mass is 990 g/mol. The van der Waals surface area contributed by atoms with Gasteiger partial charge in [0.25, 0.3) is 0 Å². The molecule has 1 aliphatic rings. The summed E-state index contributed by atoms with van der Waals surface area (Å²) in [7, 11) is 5.86. The minimum atomic E-state index is -0.125. The number of aliphatic hydroxyl groups is 1. The Bertz CT molecular complexity index is 2260. The Balaban J connectivity index is 0.00000161. The number of thioether (sulfide) groups is 2. The summed E-state index contributed by atoms with van der Waals surface area (Å²) in [6.45, 7) is 2.85. The van der Waals surface area contributed by atoms with Gasteiger partial charge in [-0.2, -0.15) is 0 Å². The van der Waals surface area contributed by atoms with Crippen LogP contribution in [0.15, 0.2) is 210 Å². The molecule has 7 aromatic rings. The molecule has 0 atom stereocenters. The minimum absolute atomic E-state index is 0. The maximum Gasteiger partial charge on any atom is 0.155 e. The van der Waals surface area contributed by atoms with Crippen LogP contribution in [0, 0.1) is 0 Å². The Labute approximate surface area is 412 Å². The number of allylic oxidation sites excluding steroid dienone is 2. The standard InChI is InChI=1S/C40H30N2S2.C6H5B.C5H8O2.CH3F.2CH4.2F2.Ni/c1-5-15-29(16-6-1)33-23-13-24-34(30-17-7-2-8-18-30)37(33)41-39-40(44-28-27-43-39)42-38-35(31-19-9-3-10-20-31)25-14-26-36(38)32-21-11-4-12-22-32;7-6-4-2-1-3-5-6;1-4(6)3-5(2)7;1-2;;;2*1-2;/h1-26H,27-28H2;1-5H;3,6H,1-2H3;1H3;2*1H4;;;. The van der Waals surface area contributed by atoms with E-state index in [2.05, 4.69) is 158 Å². The molecule has 1 fully saturated rings. The second kappa shape index (κ2) is 35.2. The van der Waals surface area contributed by atoms with Crippen LogP contribution in [0.25, 0.3) is 44.5 Å². The number of benzene rings is 7. The van der Waals surface area contributed by atoms with Crippen molar-refractivity contribution in [3.63, 3.8) is 0 Å². The molecule has 0 amide bonds. The van der Waals surface area contributed by atoms with Gasteiger partial charge in [0.2, 0.25) is 0 Å². The first kappa shape index (κ1) is 61.0. The third-order valence-corrected chi connectivity index (χ3v) is 11.1. The van der Waals surface area contributed by atoms with Gasteiger partial charge >= 0.3 is 0 Å². The number of para-hydroxylation sites is 2. The van der Waals surface area contributed by atoms with E-state index in [1.807, 2.05) is 30.3 Å². The molecule has 7 aromatic carbocycles. The summed E-state index contributed by atoms with van der Waals surface area (Å²) in [4.78, 5) is 21.0. The summed E-state index contributed by atoms with van der Waals surface area (Å²) in [5.74, 6) is 1.91. The normalized spacial score (nSPS) is 12.2. The Morgan fingerprint density at radius 3 is 0.940 bits per heavy atom. The van der Waals surface area contributed by atoms with Gasteiger partial charge in [0.15, 0.2) is 5.78 Å². The third-order valence-electron chi connectivity index (χ3n) is 8.79. The zero-order chi connectivity index (χ0) is 46.5. The maximum atomic E-state index is 10.0. The van der Waals surface area contributed by atoms with Crippen LogP contribution >= 0.6 is 23.5 Å². The fourth-order valence-electron chi connectivity index (χ4n) is 6.24. The molecule has 4 nitrogen and oxygen atoms in total. The number of hydrogen-bond acceptors (Lipinski definition) is 6. The fourth-order valence-corrected chi connectivity index (χ4v) is 8.30. The van der Waals surface area contributed by atoms with Gasteiger partial charge in [-0.05, 0) is 36.1 Å². The van der Waals surface area contributed by atoms with Crippen molar-refractivity contribution >= 4 is 64.1 Å². The smallest absolute Gasteiger partial charge is 0.155 e. The van der Waals surface area contributed by atoms with Gasteiger partial charge in [-0.15, -0.1) is 23.5 Å². The van der Waals surface area contributed by atoms with E-state index in [4.69, 9.17) is 41.2 Å². The zero-order valence-electron chi connectivity index (χ0n) is 35.7. The number of aliphatic hydroxyl groups excluding tert-OH is 1. The maximum absolute atomic E-state index is 10.0. The van der Waals surface area contributed by atoms with Crippen LogP contribution in [-0.4, -0.2) is 47.5 Å². The minimum Gasteiger partial charge on any atom is -0.512 e. The molecule has 0 unspecified atom stereocenters. The largest absolute Gasteiger partial charge is 0.512 e. The molecule has 1 heterocycles. The average Bonchev–Trinajstić information content (AvgIpc) is 3.35. The van der Waals surface area contributed by atoms with Crippen LogP contribution in [0.1, 0.15) is 28.7 Å². The molecule has 1 saturated heterocycles. The van der Waals surface area contributed by atoms with Gasteiger partial charge in [0.05, 0.1) is 24.3 Å². The number of alkyl halides is 1. The Morgan fingerprint density at radius 1 is 0.493 bits per heavy atom. The number of hydrogen-bond donors (Lipinski definition) is 1. The molecule has 352 valence electrons. The predicted octanol–water partition coefficient (Wildman–Crippen LogP) is 16.6. The second-order valence-corrected chi connectivity index (χ2v) is 15.4. The Kier molecular flexibility index (Phi) is 32.1. The van der Waals surface area contributed by atoms with Gasteiger partial charge in [-0.25, -0.2) is 9.98 Å². The molecule has 0 aromatic heterocycles. The third kappa shape index (κ3) is 19.8. The van der Waals surface area contributed by atoms with E-state index >= 15 is 0 Å². The van der Waals surface area contributed by atoms with Crippen LogP contribution in [-0.2, 0) is 21.3 Å². The summed E-state index contributed by atoms with van der Waals surface area (Å²) in [5.41, 5.74) is 11.8. The molecule has 1 aliphatic heterocycles. The van der Waals surface area contributed by atoms with E-state index in [1.54, 1.807) is 23.5 Å². The van der Waals surface area contributed by atoms with Gasteiger partial charge < -0.3 is 5.11 Å². The number of carbonyl (C=O) groups excluding carboxylic acids is 1. The summed E-state index contributed by atoms with van der Waals surface area (Å²) >= 11 is 3.59. The van der Waals surface area contributed by atoms with Crippen LogP contribution in [0.4, 0.5) is 34.1 Å². The molecule has 2 radical (unpaired) electrons. The molecule has 0 bridgehead atoms. The Hall–Kier alpha value is -6.00. The van der Waals surface area contributed by atoms with Crippen molar-refractivity contribution < 1.29 is 49.1 Å². The van der Waals surface area contributed by atoms with E-state index < -0.39 is 0 Å². The van der Waals surface area contributed by atoms with Crippen LogP contribution in [0.5, 0.6) is 0 Å². The van der Waals surface area contributed by atoms with Gasteiger partial charge in [-0.3, -0.25) is 9.18 Å². The molecule has 1 N–H and O–H groups in total. The van der Waals surface area contributed by atoms with Crippen molar-refractivity contribution in [1.29, 1.82) is 0 Å². The van der Waals surface area contributed by atoms with Crippen LogP contribution in [0.2, 0.25) is 0 Å². The summed E-state index contributed by atoms with van der Waals surface area (Å²) in [5, 5.41) is 10.3.